The highest BCUT2D eigenvalue weighted by molar-refractivity contribution is 9.10. The topological polar surface area (TPSA) is 32.3 Å². The molecule has 1 aliphatic heterocycles. The van der Waals surface area contributed by atoms with E-state index in [4.69, 9.17) is 11.6 Å². The van der Waals surface area contributed by atoms with Crippen LogP contribution in [0.25, 0.3) is 0 Å². The van der Waals surface area contributed by atoms with Crippen LogP contribution in [-0.4, -0.2) is 36.0 Å². The maximum Gasteiger partial charge on any atom is 0.252 e. The molecule has 5 heteroatoms. The third kappa shape index (κ3) is 3.74. The maximum absolute atomic E-state index is 12.2. The molecule has 0 radical (unpaired) electrons. The number of carbonyl (C=O) groups is 1. The van der Waals surface area contributed by atoms with Crippen molar-refractivity contribution in [2.45, 2.75) is 32.2 Å². The summed E-state index contributed by atoms with van der Waals surface area (Å²) in [6, 6.07) is 5.31. The first-order valence-electron chi connectivity index (χ1n) is 6.88. The van der Waals surface area contributed by atoms with E-state index in [2.05, 4.69) is 40.0 Å². The Labute approximate surface area is 133 Å². The number of amides is 1. The highest BCUT2D eigenvalue weighted by Gasteiger charge is 2.29. The lowest BCUT2D eigenvalue weighted by molar-refractivity contribution is 0.0902. The molecule has 0 aliphatic carbocycles. The van der Waals surface area contributed by atoms with Gasteiger partial charge in [-0.3, -0.25) is 9.69 Å². The molecule has 0 aromatic heterocycles. The van der Waals surface area contributed by atoms with Crippen molar-refractivity contribution in [3.8, 4) is 0 Å². The van der Waals surface area contributed by atoms with Gasteiger partial charge in [0.1, 0.15) is 0 Å². The Morgan fingerprint density at radius 3 is 2.70 bits per heavy atom. The van der Waals surface area contributed by atoms with E-state index in [0.717, 1.165) is 17.6 Å². The Balaban J connectivity index is 1.99. The van der Waals surface area contributed by atoms with Crippen LogP contribution in [0.1, 0.15) is 37.0 Å². The van der Waals surface area contributed by atoms with Crippen LogP contribution < -0.4 is 5.32 Å². The Morgan fingerprint density at radius 1 is 1.40 bits per heavy atom. The van der Waals surface area contributed by atoms with Gasteiger partial charge in [0.15, 0.2) is 0 Å². The smallest absolute Gasteiger partial charge is 0.252 e. The van der Waals surface area contributed by atoms with E-state index in [0.29, 0.717) is 17.1 Å². The first kappa shape index (κ1) is 15.8. The van der Waals surface area contributed by atoms with Crippen molar-refractivity contribution in [2.24, 2.45) is 0 Å². The second-order valence-corrected chi connectivity index (χ2v) is 7.14. The van der Waals surface area contributed by atoms with Crippen molar-refractivity contribution in [3.63, 3.8) is 0 Å². The van der Waals surface area contributed by atoms with Crippen LogP contribution in [0.4, 0.5) is 0 Å². The van der Waals surface area contributed by atoms with Gasteiger partial charge in [0.2, 0.25) is 0 Å². The van der Waals surface area contributed by atoms with E-state index >= 15 is 0 Å². The van der Waals surface area contributed by atoms with Gasteiger partial charge in [-0.1, -0.05) is 27.5 Å². The minimum Gasteiger partial charge on any atom is -0.350 e. The maximum atomic E-state index is 12.2. The zero-order chi connectivity index (χ0) is 14.8. The molecule has 1 amide bonds. The molecule has 0 spiro atoms. The molecule has 0 bridgehead atoms. The summed E-state index contributed by atoms with van der Waals surface area (Å²) in [5, 5.41) is 3.47. The number of hydrogen-bond acceptors (Lipinski definition) is 2. The second kappa shape index (κ2) is 6.46. The van der Waals surface area contributed by atoms with Gasteiger partial charge < -0.3 is 5.32 Å². The summed E-state index contributed by atoms with van der Waals surface area (Å²) in [5.74, 6) is -0.122. The summed E-state index contributed by atoms with van der Waals surface area (Å²) in [4.78, 5) is 14.7. The number of benzene rings is 1. The number of carbonyl (C=O) groups excluding carboxylic acids is 1. The molecule has 1 aromatic rings. The summed E-state index contributed by atoms with van der Waals surface area (Å²) >= 11 is 9.44. The Kier molecular flexibility index (Phi) is 5.10. The normalized spacial score (nSPS) is 16.4. The molecule has 1 saturated heterocycles. The first-order chi connectivity index (χ1) is 9.40. The standard InChI is InChI=1S/C15H20BrClN2O/c1-15(2,19-7-3-4-8-19)10-18-14(20)12-9-11(16)5-6-13(12)17/h5-6,9H,3-4,7-8,10H2,1-2H3,(H,18,20). The number of nitrogens with zero attached hydrogens (tertiary/aromatic N) is 1. The van der Waals surface area contributed by atoms with Crippen LogP contribution in [0, 0.1) is 0 Å². The molecule has 0 unspecified atom stereocenters. The van der Waals surface area contributed by atoms with E-state index in [9.17, 15) is 4.79 Å². The van der Waals surface area contributed by atoms with Gasteiger partial charge in [-0.2, -0.15) is 0 Å². The van der Waals surface area contributed by atoms with Crippen molar-refractivity contribution in [2.75, 3.05) is 19.6 Å². The van der Waals surface area contributed by atoms with E-state index in [1.165, 1.54) is 12.8 Å². The SMILES string of the molecule is CC(C)(CNC(=O)c1cc(Br)ccc1Cl)N1CCCC1. The second-order valence-electron chi connectivity index (χ2n) is 5.81. The molecule has 1 N–H and O–H groups in total. The van der Waals surface area contributed by atoms with E-state index < -0.39 is 0 Å². The first-order valence-corrected chi connectivity index (χ1v) is 8.05. The fourth-order valence-electron chi connectivity index (χ4n) is 2.50. The molecule has 2 rings (SSSR count). The third-order valence-corrected chi connectivity index (χ3v) is 4.64. The zero-order valence-electron chi connectivity index (χ0n) is 11.9. The summed E-state index contributed by atoms with van der Waals surface area (Å²) in [6.45, 7) is 7.18. The average molecular weight is 360 g/mol. The third-order valence-electron chi connectivity index (χ3n) is 3.82. The minimum atomic E-state index is -0.122. The number of nitrogens with one attached hydrogen (secondary N) is 1. The zero-order valence-corrected chi connectivity index (χ0v) is 14.2. The molecule has 1 aromatic carbocycles. The molecular formula is C15H20BrClN2O. The van der Waals surface area contributed by atoms with Crippen LogP contribution in [0.5, 0.6) is 0 Å². The van der Waals surface area contributed by atoms with Gasteiger partial charge in [-0.05, 0) is 58.0 Å². The average Bonchev–Trinajstić information content (AvgIpc) is 2.93. The Morgan fingerprint density at radius 2 is 2.05 bits per heavy atom. The fourth-order valence-corrected chi connectivity index (χ4v) is 3.06. The Bertz CT molecular complexity index is 499. The van der Waals surface area contributed by atoms with Crippen LogP contribution in [0.15, 0.2) is 22.7 Å². The predicted octanol–water partition coefficient (Wildman–Crippen LogP) is 3.71. The molecule has 0 saturated carbocycles. The fraction of sp³-hybridized carbons (Fsp3) is 0.533. The van der Waals surface area contributed by atoms with Gasteiger partial charge >= 0.3 is 0 Å². The number of halogens is 2. The van der Waals surface area contributed by atoms with Crippen LogP contribution in [0.2, 0.25) is 5.02 Å². The van der Waals surface area contributed by atoms with Gasteiger partial charge in [0, 0.05) is 16.6 Å². The van der Waals surface area contributed by atoms with Crippen LogP contribution in [0.3, 0.4) is 0 Å². The van der Waals surface area contributed by atoms with Crippen molar-refractivity contribution < 1.29 is 4.79 Å². The highest BCUT2D eigenvalue weighted by Crippen LogP contribution is 2.22. The predicted molar refractivity (Wildman–Crippen MR) is 86.4 cm³/mol. The van der Waals surface area contributed by atoms with Gasteiger partial charge in [-0.25, -0.2) is 0 Å². The largest absolute Gasteiger partial charge is 0.350 e. The van der Waals surface area contributed by atoms with Crippen molar-refractivity contribution >= 4 is 33.4 Å². The van der Waals surface area contributed by atoms with Crippen LogP contribution in [-0.2, 0) is 0 Å². The van der Waals surface area contributed by atoms with E-state index in [1.54, 1.807) is 12.1 Å². The quantitative estimate of drug-likeness (QED) is 0.889. The minimum absolute atomic E-state index is 0.0232. The molecule has 20 heavy (non-hydrogen) atoms. The monoisotopic (exact) mass is 358 g/mol. The molecule has 1 heterocycles. The highest BCUT2D eigenvalue weighted by atomic mass is 79.9. The summed E-state index contributed by atoms with van der Waals surface area (Å²) < 4.78 is 0.853. The molecule has 110 valence electrons. The summed E-state index contributed by atoms with van der Waals surface area (Å²) in [7, 11) is 0. The lowest BCUT2D eigenvalue weighted by atomic mass is 10.0. The lowest BCUT2D eigenvalue weighted by Gasteiger charge is -2.35. The molecule has 3 nitrogen and oxygen atoms in total. The lowest BCUT2D eigenvalue weighted by Crippen LogP contribution is -2.50. The van der Waals surface area contributed by atoms with Crippen molar-refractivity contribution in [1.29, 1.82) is 0 Å². The number of hydrogen-bond donors (Lipinski definition) is 1. The molecule has 1 fully saturated rings. The van der Waals surface area contributed by atoms with Gasteiger partial charge in [0.25, 0.3) is 5.91 Å². The number of likely N-dealkylation sites (tertiary alicyclic amines) is 1. The molecule has 0 atom stereocenters. The Hall–Kier alpha value is -0.580. The van der Waals surface area contributed by atoms with E-state index in [-0.39, 0.29) is 11.4 Å². The summed E-state index contributed by atoms with van der Waals surface area (Å²) in [5.41, 5.74) is 0.489. The van der Waals surface area contributed by atoms with E-state index in [1.807, 2.05) is 6.07 Å². The molecule has 1 aliphatic rings. The number of rotatable bonds is 4. The van der Waals surface area contributed by atoms with Crippen LogP contribution >= 0.6 is 27.5 Å². The molecular weight excluding hydrogens is 340 g/mol. The van der Waals surface area contributed by atoms with Gasteiger partial charge in [0.05, 0.1) is 10.6 Å². The van der Waals surface area contributed by atoms with Gasteiger partial charge in [-0.15, -0.1) is 0 Å². The van der Waals surface area contributed by atoms with Crippen molar-refractivity contribution in [1.82, 2.24) is 10.2 Å². The summed E-state index contributed by atoms with van der Waals surface area (Å²) in [6.07, 6.45) is 2.49. The van der Waals surface area contributed by atoms with Crippen molar-refractivity contribution in [3.05, 3.63) is 33.3 Å².